The lowest BCUT2D eigenvalue weighted by molar-refractivity contribution is -0.181. The van der Waals surface area contributed by atoms with Gasteiger partial charge < -0.3 is 9.84 Å². The van der Waals surface area contributed by atoms with Crippen molar-refractivity contribution < 1.29 is 24.2 Å². The number of hydrogen-bond acceptors (Lipinski definition) is 4. The Kier molecular flexibility index (Phi) is 6.04. The average Bonchev–Trinajstić information content (AvgIpc) is 2.79. The molecular weight excluding hydrogens is 440 g/mol. The van der Waals surface area contributed by atoms with Gasteiger partial charge in [0.1, 0.15) is 6.10 Å². The molecule has 10 atom stereocenters. The quantitative estimate of drug-likeness (QED) is 0.482. The van der Waals surface area contributed by atoms with Crippen LogP contribution in [0.25, 0.3) is 0 Å². The number of carbonyl (C=O) groups excluding carboxylic acids is 2. The van der Waals surface area contributed by atoms with Crippen LogP contribution in [-0.4, -0.2) is 28.9 Å². The van der Waals surface area contributed by atoms with Crippen molar-refractivity contribution in [1.29, 1.82) is 0 Å². The minimum absolute atomic E-state index is 0.00371. The van der Waals surface area contributed by atoms with Crippen molar-refractivity contribution >= 4 is 17.7 Å². The number of ether oxygens (including phenoxy) is 1. The number of carboxylic acids is 1. The normalized spacial score (nSPS) is 49.0. The zero-order valence-electron chi connectivity index (χ0n) is 22.3. The van der Waals surface area contributed by atoms with Crippen molar-refractivity contribution in [2.45, 2.75) is 105 Å². The molecule has 5 nitrogen and oxygen atoms in total. The van der Waals surface area contributed by atoms with E-state index in [0.29, 0.717) is 24.7 Å². The van der Waals surface area contributed by atoms with Crippen molar-refractivity contribution in [2.24, 2.45) is 51.8 Å². The van der Waals surface area contributed by atoms with Crippen LogP contribution in [0.1, 0.15) is 98.8 Å². The molecule has 5 aliphatic rings. The van der Waals surface area contributed by atoms with Gasteiger partial charge in [-0.2, -0.15) is 0 Å². The van der Waals surface area contributed by atoms with Gasteiger partial charge in [-0.15, -0.1) is 0 Å². The Bertz CT molecular complexity index is 952. The summed E-state index contributed by atoms with van der Waals surface area (Å²) in [6, 6.07) is 0. The number of ketones is 1. The first-order chi connectivity index (χ1) is 16.4. The summed E-state index contributed by atoms with van der Waals surface area (Å²) in [4.78, 5) is 38.0. The van der Waals surface area contributed by atoms with Crippen LogP contribution in [0.4, 0.5) is 0 Å². The number of carboxylic acid groups (broad SMARTS) is 1. The maximum Gasteiger partial charge on any atom is 0.306 e. The number of carbonyl (C=O) groups is 3. The van der Waals surface area contributed by atoms with Gasteiger partial charge in [-0.3, -0.25) is 14.4 Å². The topological polar surface area (TPSA) is 80.7 Å². The van der Waals surface area contributed by atoms with Crippen molar-refractivity contribution in [3.8, 4) is 0 Å². The molecule has 0 aliphatic heterocycles. The maximum atomic E-state index is 14.1. The van der Waals surface area contributed by atoms with Crippen LogP contribution in [0.2, 0.25) is 0 Å². The predicted molar refractivity (Wildman–Crippen MR) is 133 cm³/mol. The van der Waals surface area contributed by atoms with Crippen molar-refractivity contribution in [3.63, 3.8) is 0 Å². The van der Waals surface area contributed by atoms with Crippen LogP contribution in [0.15, 0.2) is 11.6 Å². The van der Waals surface area contributed by atoms with E-state index >= 15 is 0 Å². The molecule has 0 spiro atoms. The molecule has 194 valence electrons. The standard InChI is InChI=1S/C30H44O5/c1-6-25(32)35-24-10-14-29(4)20(17(24)2)9-13-30(5)21-8-12-28(3)11-7-18(27(33)34)15-22(28)19(21)16-23(31)26(29)30/h16-18,20-22,24,26H,6-15H2,1-5H3,(H,33,34)/t17?,18?,20?,21?,22?,24?,26?,28?,29?,30-/m0/s1. The lowest BCUT2D eigenvalue weighted by Gasteiger charge is -2.65. The number of esters is 1. The monoisotopic (exact) mass is 484 g/mol. The lowest BCUT2D eigenvalue weighted by atomic mass is 9.38. The van der Waals surface area contributed by atoms with Crippen LogP contribution >= 0.6 is 0 Å². The van der Waals surface area contributed by atoms with Crippen molar-refractivity contribution in [2.75, 3.05) is 0 Å². The van der Waals surface area contributed by atoms with Gasteiger partial charge in [0.15, 0.2) is 5.78 Å². The fourth-order valence-electron chi connectivity index (χ4n) is 9.99. The van der Waals surface area contributed by atoms with E-state index in [4.69, 9.17) is 4.74 Å². The molecule has 5 rings (SSSR count). The van der Waals surface area contributed by atoms with E-state index in [2.05, 4.69) is 27.7 Å². The zero-order valence-corrected chi connectivity index (χ0v) is 22.3. The summed E-state index contributed by atoms with van der Waals surface area (Å²) in [6.45, 7) is 11.1. The molecule has 4 fully saturated rings. The smallest absolute Gasteiger partial charge is 0.306 e. The number of fused-ring (bicyclic) bond motifs is 7. The van der Waals surface area contributed by atoms with Gasteiger partial charge in [0.05, 0.1) is 5.92 Å². The second-order valence-electron chi connectivity index (χ2n) is 13.5. The van der Waals surface area contributed by atoms with Crippen LogP contribution in [0.5, 0.6) is 0 Å². The van der Waals surface area contributed by atoms with E-state index < -0.39 is 5.97 Å². The second-order valence-corrected chi connectivity index (χ2v) is 13.5. The Morgan fingerprint density at radius 1 is 1.00 bits per heavy atom. The summed E-state index contributed by atoms with van der Waals surface area (Å²) in [5, 5.41) is 9.76. The minimum atomic E-state index is -0.677. The van der Waals surface area contributed by atoms with Crippen LogP contribution in [-0.2, 0) is 19.1 Å². The molecule has 35 heavy (non-hydrogen) atoms. The van der Waals surface area contributed by atoms with E-state index in [0.717, 1.165) is 51.4 Å². The molecule has 0 aromatic heterocycles. The van der Waals surface area contributed by atoms with E-state index in [1.165, 1.54) is 5.57 Å². The fourth-order valence-corrected chi connectivity index (χ4v) is 9.99. The number of rotatable bonds is 3. The Balaban J connectivity index is 1.48. The van der Waals surface area contributed by atoms with Gasteiger partial charge in [0, 0.05) is 12.3 Å². The summed E-state index contributed by atoms with van der Waals surface area (Å²) in [5.41, 5.74) is 1.25. The molecule has 5 aliphatic carbocycles. The highest BCUT2D eigenvalue weighted by Crippen LogP contribution is 2.69. The molecule has 0 radical (unpaired) electrons. The molecule has 0 aromatic rings. The molecular formula is C30H44O5. The summed E-state index contributed by atoms with van der Waals surface area (Å²) >= 11 is 0. The van der Waals surface area contributed by atoms with E-state index in [1.54, 1.807) is 0 Å². The van der Waals surface area contributed by atoms with Crippen molar-refractivity contribution in [3.05, 3.63) is 11.6 Å². The molecule has 0 bridgehead atoms. The third kappa shape index (κ3) is 3.65. The summed E-state index contributed by atoms with van der Waals surface area (Å²) < 4.78 is 5.84. The van der Waals surface area contributed by atoms with Gasteiger partial charge in [0.2, 0.25) is 0 Å². The number of aliphatic carboxylic acids is 1. The van der Waals surface area contributed by atoms with E-state index in [1.807, 2.05) is 13.0 Å². The third-order valence-corrected chi connectivity index (χ3v) is 11.9. The third-order valence-electron chi connectivity index (χ3n) is 11.9. The molecule has 4 saturated carbocycles. The second kappa shape index (κ2) is 8.45. The van der Waals surface area contributed by atoms with Gasteiger partial charge in [-0.1, -0.05) is 40.2 Å². The SMILES string of the molecule is CCC(=O)OC1CCC2(C)C(CC[C@@]3(C)C4CCC5(C)CCC(C(=O)O)CC5C4=CC(=O)C23)C1C. The molecule has 0 heterocycles. The molecule has 1 N–H and O–H groups in total. The van der Waals surface area contributed by atoms with Crippen LogP contribution in [0.3, 0.4) is 0 Å². The molecule has 0 aromatic carbocycles. The van der Waals surface area contributed by atoms with Crippen LogP contribution in [0, 0.1) is 51.8 Å². The van der Waals surface area contributed by atoms with Crippen LogP contribution < -0.4 is 0 Å². The maximum absolute atomic E-state index is 14.1. The zero-order chi connectivity index (χ0) is 25.3. The van der Waals surface area contributed by atoms with Crippen molar-refractivity contribution in [1.82, 2.24) is 0 Å². The summed E-state index contributed by atoms with van der Waals surface area (Å²) in [6.07, 6.45) is 10.9. The van der Waals surface area contributed by atoms with E-state index in [9.17, 15) is 19.5 Å². The minimum Gasteiger partial charge on any atom is -0.481 e. The highest BCUT2D eigenvalue weighted by Gasteiger charge is 2.65. The highest BCUT2D eigenvalue weighted by atomic mass is 16.5. The molecule has 5 heteroatoms. The Hall–Kier alpha value is -1.65. The first kappa shape index (κ1) is 25.0. The predicted octanol–water partition coefficient (Wildman–Crippen LogP) is 6.20. The molecule has 9 unspecified atom stereocenters. The Morgan fingerprint density at radius 2 is 1.69 bits per heavy atom. The first-order valence-corrected chi connectivity index (χ1v) is 14.1. The number of allylic oxidation sites excluding steroid dienone is 2. The van der Waals surface area contributed by atoms with Gasteiger partial charge >= 0.3 is 11.9 Å². The molecule has 0 saturated heterocycles. The van der Waals surface area contributed by atoms with E-state index in [-0.39, 0.29) is 57.8 Å². The Morgan fingerprint density at radius 3 is 2.37 bits per heavy atom. The first-order valence-electron chi connectivity index (χ1n) is 14.1. The molecule has 0 amide bonds. The lowest BCUT2D eigenvalue weighted by Crippen LogP contribution is -2.62. The largest absolute Gasteiger partial charge is 0.481 e. The fraction of sp³-hybridized carbons (Fsp3) is 0.833. The summed E-state index contributed by atoms with van der Waals surface area (Å²) in [7, 11) is 0. The highest BCUT2D eigenvalue weighted by molar-refractivity contribution is 5.95. The van der Waals surface area contributed by atoms with Gasteiger partial charge in [-0.05, 0) is 104 Å². The summed E-state index contributed by atoms with van der Waals surface area (Å²) in [5.74, 6) is 0.418. The average molecular weight is 485 g/mol. The van der Waals surface area contributed by atoms with Gasteiger partial charge in [0.25, 0.3) is 0 Å². The van der Waals surface area contributed by atoms with Gasteiger partial charge in [-0.25, -0.2) is 0 Å². The number of hydrogen-bond donors (Lipinski definition) is 1. The Labute approximate surface area is 210 Å².